The number of thiophene rings is 1. The van der Waals surface area contributed by atoms with Crippen LogP contribution >= 0.6 is 22.9 Å². The Hall–Kier alpha value is -0.0500. The minimum absolute atomic E-state index is 0.395. The van der Waals surface area contributed by atoms with Crippen LogP contribution in [-0.2, 0) is 6.42 Å². The fourth-order valence-corrected chi connectivity index (χ4v) is 3.17. The highest BCUT2D eigenvalue weighted by Gasteiger charge is 2.18. The largest absolute Gasteiger partial charge is 0.315 e. The second-order valence-corrected chi connectivity index (χ2v) is 7.93. The van der Waals surface area contributed by atoms with Gasteiger partial charge >= 0.3 is 0 Å². The van der Waals surface area contributed by atoms with Crippen molar-refractivity contribution in [3.63, 3.8) is 0 Å². The van der Waals surface area contributed by atoms with Crippen molar-refractivity contribution in [1.82, 2.24) is 5.32 Å². The van der Waals surface area contributed by atoms with Gasteiger partial charge in [-0.1, -0.05) is 39.3 Å². The zero-order chi connectivity index (χ0) is 13.8. The van der Waals surface area contributed by atoms with Crippen LogP contribution in [0.4, 0.5) is 0 Å². The molecule has 1 nitrogen and oxygen atoms in total. The molecule has 1 rings (SSSR count). The predicted octanol–water partition coefficient (Wildman–Crippen LogP) is 5.06. The maximum atomic E-state index is 6.11. The number of hydrogen-bond donors (Lipinski definition) is 1. The lowest BCUT2D eigenvalue weighted by molar-refractivity contribution is 0.299. The summed E-state index contributed by atoms with van der Waals surface area (Å²) in [5.41, 5.74) is 1.61. The molecule has 0 aliphatic heterocycles. The van der Waals surface area contributed by atoms with E-state index < -0.39 is 0 Å². The summed E-state index contributed by atoms with van der Waals surface area (Å²) in [4.78, 5) is 1.42. The van der Waals surface area contributed by atoms with Crippen molar-refractivity contribution in [2.75, 3.05) is 6.54 Å². The van der Waals surface area contributed by atoms with Gasteiger partial charge in [0.15, 0.2) is 0 Å². The Bertz CT molecular complexity index is 349. The third kappa shape index (κ3) is 5.73. The topological polar surface area (TPSA) is 12.0 Å². The monoisotopic (exact) mass is 287 g/mol. The number of halogens is 1. The molecule has 0 spiro atoms. The van der Waals surface area contributed by atoms with Crippen LogP contribution in [-0.4, -0.2) is 12.6 Å². The molecule has 0 atom stereocenters. The number of aryl methyl sites for hydroxylation is 2. The summed E-state index contributed by atoms with van der Waals surface area (Å²) in [6.45, 7) is 12.3. The third-order valence-electron chi connectivity index (χ3n) is 3.31. The first kappa shape index (κ1) is 16.0. The van der Waals surface area contributed by atoms with Gasteiger partial charge in [-0.15, -0.1) is 11.3 Å². The van der Waals surface area contributed by atoms with Crippen LogP contribution in [0.5, 0.6) is 0 Å². The van der Waals surface area contributed by atoms with Crippen LogP contribution in [0.2, 0.25) is 4.34 Å². The van der Waals surface area contributed by atoms with Gasteiger partial charge in [-0.2, -0.15) is 0 Å². The molecule has 18 heavy (non-hydrogen) atoms. The normalized spacial score (nSPS) is 12.4. The standard InChI is InChI=1S/C15H26ClNS/c1-11(2)17-9-8-15(4,5)7-6-13-10-12(3)14(16)18-13/h10-11,17H,6-9H2,1-5H3. The molecule has 1 aromatic rings. The van der Waals surface area contributed by atoms with E-state index in [1.54, 1.807) is 11.3 Å². The van der Waals surface area contributed by atoms with E-state index in [-0.39, 0.29) is 0 Å². The summed E-state index contributed by atoms with van der Waals surface area (Å²) in [7, 11) is 0. The number of nitrogens with one attached hydrogen (secondary N) is 1. The van der Waals surface area contributed by atoms with Gasteiger partial charge in [0.1, 0.15) is 0 Å². The van der Waals surface area contributed by atoms with Crippen LogP contribution in [0.1, 0.15) is 51.0 Å². The summed E-state index contributed by atoms with van der Waals surface area (Å²) >= 11 is 7.84. The molecule has 0 radical (unpaired) electrons. The molecule has 0 saturated carbocycles. The molecular formula is C15H26ClNS. The average molecular weight is 288 g/mol. The van der Waals surface area contributed by atoms with Crippen molar-refractivity contribution < 1.29 is 0 Å². The molecule has 0 saturated heterocycles. The smallest absolute Gasteiger partial charge is 0.0960 e. The summed E-state index contributed by atoms with van der Waals surface area (Å²) in [6.07, 6.45) is 3.60. The van der Waals surface area contributed by atoms with Crippen molar-refractivity contribution >= 4 is 22.9 Å². The zero-order valence-corrected chi connectivity index (χ0v) is 13.8. The fourth-order valence-electron chi connectivity index (χ4n) is 1.93. The van der Waals surface area contributed by atoms with Crippen molar-refractivity contribution in [3.8, 4) is 0 Å². The summed E-state index contributed by atoms with van der Waals surface area (Å²) < 4.78 is 0.948. The molecule has 0 unspecified atom stereocenters. The second kappa shape index (κ2) is 6.93. The Kier molecular flexibility index (Phi) is 6.16. The summed E-state index contributed by atoms with van der Waals surface area (Å²) in [5.74, 6) is 0. The fraction of sp³-hybridized carbons (Fsp3) is 0.733. The maximum absolute atomic E-state index is 6.11. The van der Waals surface area contributed by atoms with Crippen LogP contribution in [0.25, 0.3) is 0 Å². The molecule has 0 aromatic carbocycles. The van der Waals surface area contributed by atoms with E-state index in [9.17, 15) is 0 Å². The molecule has 1 aromatic heterocycles. The highest BCUT2D eigenvalue weighted by Crippen LogP contribution is 2.32. The highest BCUT2D eigenvalue weighted by atomic mass is 35.5. The van der Waals surface area contributed by atoms with Gasteiger partial charge in [0.05, 0.1) is 4.34 Å². The first-order chi connectivity index (χ1) is 8.30. The lowest BCUT2D eigenvalue weighted by atomic mass is 9.84. The molecule has 3 heteroatoms. The van der Waals surface area contributed by atoms with Gasteiger partial charge in [0, 0.05) is 10.9 Å². The minimum atomic E-state index is 0.395. The molecule has 0 aliphatic carbocycles. The van der Waals surface area contributed by atoms with Crippen molar-refractivity contribution in [1.29, 1.82) is 0 Å². The molecule has 0 fully saturated rings. The van der Waals surface area contributed by atoms with Crippen molar-refractivity contribution in [2.45, 2.75) is 59.9 Å². The van der Waals surface area contributed by atoms with E-state index in [0.717, 1.165) is 17.3 Å². The Morgan fingerprint density at radius 2 is 2.00 bits per heavy atom. The van der Waals surface area contributed by atoms with E-state index in [1.165, 1.54) is 23.3 Å². The zero-order valence-electron chi connectivity index (χ0n) is 12.3. The van der Waals surface area contributed by atoms with E-state index in [1.807, 2.05) is 0 Å². The molecule has 0 amide bonds. The molecule has 1 heterocycles. The van der Waals surface area contributed by atoms with Gasteiger partial charge in [-0.3, -0.25) is 0 Å². The average Bonchev–Trinajstić information content (AvgIpc) is 2.55. The Balaban J connectivity index is 2.36. The lowest BCUT2D eigenvalue weighted by Gasteiger charge is -2.25. The molecule has 0 aliphatic rings. The Labute approximate surface area is 121 Å². The molecule has 104 valence electrons. The first-order valence-corrected chi connectivity index (χ1v) is 7.98. The number of rotatable bonds is 7. The Morgan fingerprint density at radius 1 is 1.33 bits per heavy atom. The van der Waals surface area contributed by atoms with Gasteiger partial charge in [0.2, 0.25) is 0 Å². The molecule has 0 bridgehead atoms. The molecular weight excluding hydrogens is 262 g/mol. The lowest BCUT2D eigenvalue weighted by Crippen LogP contribution is -2.27. The van der Waals surface area contributed by atoms with Crippen molar-refractivity contribution in [2.24, 2.45) is 5.41 Å². The van der Waals surface area contributed by atoms with E-state index >= 15 is 0 Å². The molecule has 1 N–H and O–H groups in total. The highest BCUT2D eigenvalue weighted by molar-refractivity contribution is 7.16. The Morgan fingerprint density at radius 3 is 2.50 bits per heavy atom. The summed E-state index contributed by atoms with van der Waals surface area (Å²) in [5, 5.41) is 3.49. The predicted molar refractivity (Wildman–Crippen MR) is 83.9 cm³/mol. The van der Waals surface area contributed by atoms with Gasteiger partial charge in [-0.25, -0.2) is 0 Å². The van der Waals surface area contributed by atoms with E-state index in [0.29, 0.717) is 11.5 Å². The summed E-state index contributed by atoms with van der Waals surface area (Å²) in [6, 6.07) is 2.81. The van der Waals surface area contributed by atoms with Crippen LogP contribution in [0.15, 0.2) is 6.07 Å². The van der Waals surface area contributed by atoms with Gasteiger partial charge in [0.25, 0.3) is 0 Å². The number of hydrogen-bond acceptors (Lipinski definition) is 2. The second-order valence-electron chi connectivity index (χ2n) is 6.19. The third-order valence-corrected chi connectivity index (χ3v) is 4.93. The van der Waals surface area contributed by atoms with Crippen molar-refractivity contribution in [3.05, 3.63) is 20.8 Å². The van der Waals surface area contributed by atoms with Crippen LogP contribution < -0.4 is 5.32 Å². The SMILES string of the molecule is Cc1cc(CCC(C)(C)CCNC(C)C)sc1Cl. The van der Waals surface area contributed by atoms with E-state index in [4.69, 9.17) is 11.6 Å². The van der Waals surface area contributed by atoms with Gasteiger partial charge in [-0.05, 0) is 49.8 Å². The van der Waals surface area contributed by atoms with Crippen LogP contribution in [0, 0.1) is 12.3 Å². The minimum Gasteiger partial charge on any atom is -0.315 e. The van der Waals surface area contributed by atoms with Crippen LogP contribution in [0.3, 0.4) is 0 Å². The van der Waals surface area contributed by atoms with E-state index in [2.05, 4.69) is 46.0 Å². The van der Waals surface area contributed by atoms with Gasteiger partial charge < -0.3 is 5.32 Å². The quantitative estimate of drug-likeness (QED) is 0.739. The maximum Gasteiger partial charge on any atom is 0.0960 e. The first-order valence-electron chi connectivity index (χ1n) is 6.78.